The minimum Gasteiger partial charge on any atom is -0.367 e. The van der Waals surface area contributed by atoms with Gasteiger partial charge in [0.05, 0.1) is 0 Å². The van der Waals surface area contributed by atoms with Gasteiger partial charge in [-0.3, -0.25) is 4.79 Å². The molecule has 0 bridgehead atoms. The molecule has 4 nitrogen and oxygen atoms in total. The van der Waals surface area contributed by atoms with Crippen molar-refractivity contribution >= 4 is 28.2 Å². The number of rotatable bonds is 5. The first-order valence-electron chi connectivity index (χ1n) is 9.19. The van der Waals surface area contributed by atoms with Gasteiger partial charge in [0, 0.05) is 43.5 Å². The van der Waals surface area contributed by atoms with Crippen LogP contribution in [0.4, 0.5) is 20.2 Å². The highest BCUT2D eigenvalue weighted by Crippen LogP contribution is 2.29. The van der Waals surface area contributed by atoms with Gasteiger partial charge in [0.25, 0.3) is 0 Å². The summed E-state index contributed by atoms with van der Waals surface area (Å²) in [7, 11) is 0. The highest BCUT2D eigenvalue weighted by atomic mass is 19.1. The van der Waals surface area contributed by atoms with Gasteiger partial charge in [-0.25, -0.2) is 8.78 Å². The van der Waals surface area contributed by atoms with Crippen LogP contribution >= 0.6 is 0 Å². The number of fused-ring (bicyclic) bond motifs is 1. The number of carbonyl (C=O) groups excluding carboxylic acids is 1. The van der Waals surface area contributed by atoms with Gasteiger partial charge in [0.2, 0.25) is 5.91 Å². The minimum absolute atomic E-state index is 0.00399. The van der Waals surface area contributed by atoms with E-state index in [-0.39, 0.29) is 23.7 Å². The fourth-order valence-electron chi connectivity index (χ4n) is 3.66. The van der Waals surface area contributed by atoms with Crippen molar-refractivity contribution in [2.24, 2.45) is 0 Å². The van der Waals surface area contributed by atoms with Crippen LogP contribution in [0, 0.1) is 11.6 Å². The molecule has 4 rings (SSSR count). The summed E-state index contributed by atoms with van der Waals surface area (Å²) >= 11 is 0. The second-order valence-corrected chi connectivity index (χ2v) is 6.85. The zero-order valence-corrected chi connectivity index (χ0v) is 14.9. The summed E-state index contributed by atoms with van der Waals surface area (Å²) < 4.78 is 30.7. The molecule has 3 aromatic rings. The van der Waals surface area contributed by atoms with E-state index in [2.05, 4.69) is 5.32 Å². The molecule has 2 heterocycles. The molecule has 27 heavy (non-hydrogen) atoms. The molecule has 1 aliphatic heterocycles. The molecule has 1 amide bonds. The summed E-state index contributed by atoms with van der Waals surface area (Å²) in [6.07, 6.45) is 4.02. The first-order chi connectivity index (χ1) is 13.1. The number of amides is 1. The number of benzene rings is 2. The third-order valence-corrected chi connectivity index (χ3v) is 4.98. The predicted molar refractivity (Wildman–Crippen MR) is 103 cm³/mol. The van der Waals surface area contributed by atoms with Crippen molar-refractivity contribution in [1.82, 2.24) is 4.57 Å². The molecule has 1 fully saturated rings. The topological polar surface area (TPSA) is 37.3 Å². The van der Waals surface area contributed by atoms with E-state index in [1.807, 2.05) is 41.1 Å². The lowest BCUT2D eigenvalue weighted by Crippen LogP contribution is -2.21. The third-order valence-electron chi connectivity index (χ3n) is 4.98. The molecule has 1 aromatic heterocycles. The van der Waals surface area contributed by atoms with E-state index in [1.165, 1.54) is 12.1 Å². The lowest BCUT2D eigenvalue weighted by Gasteiger charge is -2.19. The number of halogens is 2. The highest BCUT2D eigenvalue weighted by molar-refractivity contribution is 5.91. The van der Waals surface area contributed by atoms with Crippen molar-refractivity contribution in [2.45, 2.75) is 25.8 Å². The molecular formula is C21H21F2N3O. The molecule has 0 atom stereocenters. The molecule has 140 valence electrons. The van der Waals surface area contributed by atoms with Crippen LogP contribution in [0.25, 0.3) is 10.9 Å². The largest absolute Gasteiger partial charge is 0.367 e. The number of aryl methyl sites for hydroxylation is 1. The van der Waals surface area contributed by atoms with Gasteiger partial charge in [-0.15, -0.1) is 0 Å². The summed E-state index contributed by atoms with van der Waals surface area (Å²) in [5.74, 6) is -1.55. The number of nitrogens with zero attached hydrogens (tertiary/aromatic N) is 2. The number of nitrogens with one attached hydrogen (secondary N) is 1. The Kier molecular flexibility index (Phi) is 4.79. The molecule has 1 aliphatic rings. The summed E-state index contributed by atoms with van der Waals surface area (Å²) in [6.45, 7) is 1.81. The van der Waals surface area contributed by atoms with Crippen LogP contribution in [0.3, 0.4) is 0 Å². The Hall–Kier alpha value is -2.89. The fourth-order valence-corrected chi connectivity index (χ4v) is 3.66. The second-order valence-electron chi connectivity index (χ2n) is 6.85. The molecule has 2 aromatic carbocycles. The Morgan fingerprint density at radius 1 is 1.04 bits per heavy atom. The van der Waals surface area contributed by atoms with Crippen molar-refractivity contribution in [3.63, 3.8) is 0 Å². The molecule has 6 heteroatoms. The molecule has 0 unspecified atom stereocenters. The molecule has 0 saturated carbocycles. The van der Waals surface area contributed by atoms with Gasteiger partial charge in [-0.2, -0.15) is 0 Å². The summed E-state index contributed by atoms with van der Waals surface area (Å²) in [5, 5.41) is 3.71. The van der Waals surface area contributed by atoms with Crippen LogP contribution in [-0.4, -0.2) is 23.6 Å². The SMILES string of the molecule is O=C(CCn1ccc2ccccc21)Nc1cc(F)c(N2CCCC2)c(F)c1. The average Bonchev–Trinajstić information content (AvgIpc) is 3.29. The minimum atomic E-state index is -0.636. The maximum Gasteiger partial charge on any atom is 0.226 e. The first-order valence-corrected chi connectivity index (χ1v) is 9.19. The molecule has 1 saturated heterocycles. The quantitative estimate of drug-likeness (QED) is 0.716. The van der Waals surface area contributed by atoms with Crippen molar-refractivity contribution in [3.8, 4) is 0 Å². The maximum absolute atomic E-state index is 14.4. The standard InChI is InChI=1S/C21H21F2N3O/c22-17-13-16(14-18(23)21(17)26-9-3-4-10-26)24-20(27)8-12-25-11-7-15-5-1-2-6-19(15)25/h1-2,5-7,11,13-14H,3-4,8-10,12H2,(H,24,27). The van der Waals surface area contributed by atoms with E-state index in [1.54, 1.807) is 4.90 Å². The first kappa shape index (κ1) is 17.5. The van der Waals surface area contributed by atoms with Crippen molar-refractivity contribution < 1.29 is 13.6 Å². The lowest BCUT2D eigenvalue weighted by molar-refractivity contribution is -0.116. The number of aromatic nitrogens is 1. The lowest BCUT2D eigenvalue weighted by atomic mass is 10.2. The molecule has 0 radical (unpaired) electrons. The van der Waals surface area contributed by atoms with Gasteiger partial charge >= 0.3 is 0 Å². The van der Waals surface area contributed by atoms with Crippen LogP contribution in [0.2, 0.25) is 0 Å². The Bertz CT molecular complexity index is 953. The molecule has 1 N–H and O–H groups in total. The van der Waals surface area contributed by atoms with Gasteiger partial charge in [-0.1, -0.05) is 18.2 Å². The Labute approximate surface area is 156 Å². The normalized spacial score (nSPS) is 14.1. The van der Waals surface area contributed by atoms with Crippen LogP contribution in [0.1, 0.15) is 19.3 Å². The van der Waals surface area contributed by atoms with Crippen LogP contribution in [-0.2, 0) is 11.3 Å². The Morgan fingerprint density at radius 2 is 1.74 bits per heavy atom. The summed E-state index contributed by atoms with van der Waals surface area (Å²) in [4.78, 5) is 13.9. The second kappa shape index (κ2) is 7.39. The smallest absolute Gasteiger partial charge is 0.226 e. The average molecular weight is 369 g/mol. The van der Waals surface area contributed by atoms with E-state index < -0.39 is 11.6 Å². The summed E-state index contributed by atoms with van der Waals surface area (Å²) in [6, 6.07) is 12.3. The van der Waals surface area contributed by atoms with E-state index in [4.69, 9.17) is 0 Å². The number of carbonyl (C=O) groups is 1. The molecule has 0 aliphatic carbocycles. The van der Waals surface area contributed by atoms with Crippen LogP contribution in [0.15, 0.2) is 48.7 Å². The van der Waals surface area contributed by atoms with Crippen molar-refractivity contribution in [2.75, 3.05) is 23.3 Å². The van der Waals surface area contributed by atoms with Crippen LogP contribution in [0.5, 0.6) is 0 Å². The highest BCUT2D eigenvalue weighted by Gasteiger charge is 2.21. The van der Waals surface area contributed by atoms with Gasteiger partial charge < -0.3 is 14.8 Å². The Morgan fingerprint density at radius 3 is 2.48 bits per heavy atom. The van der Waals surface area contributed by atoms with Gasteiger partial charge in [-0.05, 0) is 42.5 Å². The molecule has 0 spiro atoms. The third kappa shape index (κ3) is 3.65. The number of para-hydroxylation sites is 1. The van der Waals surface area contributed by atoms with Crippen LogP contribution < -0.4 is 10.2 Å². The maximum atomic E-state index is 14.4. The summed E-state index contributed by atoms with van der Waals surface area (Å²) in [5.41, 5.74) is 1.21. The Balaban J connectivity index is 1.42. The van der Waals surface area contributed by atoms with E-state index in [0.717, 1.165) is 23.7 Å². The predicted octanol–water partition coefficient (Wildman–Crippen LogP) is 4.55. The van der Waals surface area contributed by atoms with E-state index >= 15 is 0 Å². The van der Waals surface area contributed by atoms with Gasteiger partial charge in [0.15, 0.2) is 11.6 Å². The number of hydrogen-bond donors (Lipinski definition) is 1. The molecular weight excluding hydrogens is 348 g/mol. The zero-order valence-electron chi connectivity index (χ0n) is 14.9. The van der Waals surface area contributed by atoms with E-state index in [9.17, 15) is 13.6 Å². The zero-order chi connectivity index (χ0) is 18.8. The fraction of sp³-hybridized carbons (Fsp3) is 0.286. The van der Waals surface area contributed by atoms with E-state index in [0.29, 0.717) is 19.6 Å². The number of anilines is 2. The van der Waals surface area contributed by atoms with Crippen molar-refractivity contribution in [1.29, 1.82) is 0 Å². The number of hydrogen-bond acceptors (Lipinski definition) is 2. The van der Waals surface area contributed by atoms with Crippen molar-refractivity contribution in [3.05, 3.63) is 60.3 Å². The van der Waals surface area contributed by atoms with Gasteiger partial charge in [0.1, 0.15) is 5.69 Å². The monoisotopic (exact) mass is 369 g/mol.